The average molecular weight is 144 g/mol. The van der Waals surface area contributed by atoms with Gasteiger partial charge in [0.15, 0.2) is 0 Å². The van der Waals surface area contributed by atoms with E-state index in [1.54, 1.807) is 0 Å². The summed E-state index contributed by atoms with van der Waals surface area (Å²) in [5.41, 5.74) is 0. The maximum atomic E-state index is 8.45. The SMILES string of the molecule is OCCOC1CC[N]CC1. The smallest absolute Gasteiger partial charge is 0.0701 e. The minimum Gasteiger partial charge on any atom is -0.394 e. The quantitative estimate of drug-likeness (QED) is 0.594. The Morgan fingerprint density at radius 3 is 2.70 bits per heavy atom. The molecule has 0 aromatic heterocycles. The monoisotopic (exact) mass is 144 g/mol. The molecule has 1 radical (unpaired) electrons. The second kappa shape index (κ2) is 4.66. The number of ether oxygens (including phenoxy) is 1. The van der Waals surface area contributed by atoms with Gasteiger partial charge in [0.25, 0.3) is 0 Å². The number of piperidine rings is 1. The number of hydrogen-bond donors (Lipinski definition) is 1. The summed E-state index contributed by atoms with van der Waals surface area (Å²) in [4.78, 5) is 0. The number of aliphatic hydroxyl groups is 1. The summed E-state index contributed by atoms with van der Waals surface area (Å²) in [5.74, 6) is 0. The first kappa shape index (κ1) is 7.98. The van der Waals surface area contributed by atoms with Crippen molar-refractivity contribution in [3.05, 3.63) is 0 Å². The van der Waals surface area contributed by atoms with E-state index in [1.807, 2.05) is 0 Å². The molecule has 0 saturated carbocycles. The van der Waals surface area contributed by atoms with Gasteiger partial charge < -0.3 is 9.84 Å². The highest BCUT2D eigenvalue weighted by Gasteiger charge is 2.12. The molecule has 0 aromatic carbocycles. The van der Waals surface area contributed by atoms with Gasteiger partial charge in [0.2, 0.25) is 0 Å². The zero-order valence-electron chi connectivity index (χ0n) is 6.12. The highest BCUT2D eigenvalue weighted by molar-refractivity contribution is 4.67. The molecule has 0 amide bonds. The van der Waals surface area contributed by atoms with Gasteiger partial charge in [-0.25, -0.2) is 5.32 Å². The molecule has 1 aliphatic rings. The Labute approximate surface area is 61.4 Å². The third-order valence-corrected chi connectivity index (χ3v) is 1.66. The fourth-order valence-electron chi connectivity index (χ4n) is 1.11. The molecular weight excluding hydrogens is 130 g/mol. The summed E-state index contributed by atoms with van der Waals surface area (Å²) in [6, 6.07) is 0. The van der Waals surface area contributed by atoms with E-state index in [2.05, 4.69) is 5.32 Å². The molecule has 59 valence electrons. The molecule has 1 rings (SSSR count). The molecular formula is C7H14NO2. The maximum Gasteiger partial charge on any atom is 0.0701 e. The standard InChI is InChI=1S/C7H14NO2/c9-5-6-10-7-1-3-8-4-2-7/h7,9H,1-6H2. The van der Waals surface area contributed by atoms with Crippen molar-refractivity contribution in [1.82, 2.24) is 5.32 Å². The third-order valence-electron chi connectivity index (χ3n) is 1.66. The Morgan fingerprint density at radius 1 is 1.40 bits per heavy atom. The largest absolute Gasteiger partial charge is 0.394 e. The highest BCUT2D eigenvalue weighted by Crippen LogP contribution is 2.06. The van der Waals surface area contributed by atoms with Crippen LogP contribution in [0.25, 0.3) is 0 Å². The zero-order chi connectivity index (χ0) is 7.23. The number of rotatable bonds is 3. The zero-order valence-corrected chi connectivity index (χ0v) is 6.12. The van der Waals surface area contributed by atoms with E-state index >= 15 is 0 Å². The normalized spacial score (nSPS) is 21.3. The highest BCUT2D eigenvalue weighted by atomic mass is 16.5. The van der Waals surface area contributed by atoms with Gasteiger partial charge in [-0.3, -0.25) is 0 Å². The lowest BCUT2D eigenvalue weighted by atomic mass is 10.1. The predicted octanol–water partition coefficient (Wildman–Crippen LogP) is -0.238. The van der Waals surface area contributed by atoms with Crippen LogP contribution < -0.4 is 5.32 Å². The van der Waals surface area contributed by atoms with Crippen LogP contribution in [0.2, 0.25) is 0 Å². The van der Waals surface area contributed by atoms with Crippen molar-refractivity contribution in [1.29, 1.82) is 0 Å². The van der Waals surface area contributed by atoms with Gasteiger partial charge in [-0.05, 0) is 12.8 Å². The molecule has 3 heteroatoms. The molecule has 1 fully saturated rings. The Morgan fingerprint density at radius 2 is 2.10 bits per heavy atom. The van der Waals surface area contributed by atoms with E-state index in [9.17, 15) is 0 Å². The van der Waals surface area contributed by atoms with Crippen LogP contribution in [0.1, 0.15) is 12.8 Å². The van der Waals surface area contributed by atoms with Crippen molar-refractivity contribution < 1.29 is 9.84 Å². The minimum atomic E-state index is 0.133. The van der Waals surface area contributed by atoms with Crippen LogP contribution in [-0.2, 0) is 4.74 Å². The Bertz CT molecular complexity index is 81.7. The van der Waals surface area contributed by atoms with Crippen molar-refractivity contribution in [3.63, 3.8) is 0 Å². The second-order valence-electron chi connectivity index (χ2n) is 2.46. The molecule has 1 heterocycles. The van der Waals surface area contributed by atoms with Crippen molar-refractivity contribution in [2.24, 2.45) is 0 Å². The van der Waals surface area contributed by atoms with Gasteiger partial charge in [0.05, 0.1) is 19.3 Å². The van der Waals surface area contributed by atoms with Gasteiger partial charge in [-0.1, -0.05) is 0 Å². The van der Waals surface area contributed by atoms with Gasteiger partial charge >= 0.3 is 0 Å². The summed E-state index contributed by atoms with van der Waals surface area (Å²) >= 11 is 0. The van der Waals surface area contributed by atoms with Gasteiger partial charge in [-0.15, -0.1) is 0 Å². The lowest BCUT2D eigenvalue weighted by Gasteiger charge is -2.21. The van der Waals surface area contributed by atoms with Gasteiger partial charge in [0.1, 0.15) is 0 Å². The summed E-state index contributed by atoms with van der Waals surface area (Å²) in [6.45, 7) is 2.46. The molecule has 0 atom stereocenters. The Balaban J connectivity index is 2.02. The maximum absolute atomic E-state index is 8.45. The first-order valence-electron chi connectivity index (χ1n) is 3.79. The Kier molecular flexibility index (Phi) is 3.72. The second-order valence-corrected chi connectivity index (χ2v) is 2.46. The van der Waals surface area contributed by atoms with Crippen LogP contribution in [0, 0.1) is 0 Å². The average Bonchev–Trinajstić information content (AvgIpc) is 2.03. The first-order valence-corrected chi connectivity index (χ1v) is 3.79. The summed E-state index contributed by atoms with van der Waals surface area (Å²) in [5, 5.41) is 12.6. The molecule has 3 nitrogen and oxygen atoms in total. The van der Waals surface area contributed by atoms with Crippen molar-refractivity contribution in [2.75, 3.05) is 26.3 Å². The number of nitrogens with zero attached hydrogens (tertiary/aromatic N) is 1. The third kappa shape index (κ3) is 2.64. The fraction of sp³-hybridized carbons (Fsp3) is 1.00. The van der Waals surface area contributed by atoms with Gasteiger partial charge in [-0.2, -0.15) is 0 Å². The van der Waals surface area contributed by atoms with E-state index in [1.165, 1.54) is 0 Å². The first-order chi connectivity index (χ1) is 4.93. The molecule has 0 aromatic rings. The van der Waals surface area contributed by atoms with Gasteiger partial charge in [0, 0.05) is 13.1 Å². The van der Waals surface area contributed by atoms with Crippen molar-refractivity contribution >= 4 is 0 Å². The molecule has 1 saturated heterocycles. The van der Waals surface area contributed by atoms with Crippen molar-refractivity contribution in [2.45, 2.75) is 18.9 Å². The van der Waals surface area contributed by atoms with Crippen LogP contribution in [0.5, 0.6) is 0 Å². The van der Waals surface area contributed by atoms with Crippen LogP contribution in [0.15, 0.2) is 0 Å². The van der Waals surface area contributed by atoms with E-state index in [0.717, 1.165) is 25.9 Å². The lowest BCUT2D eigenvalue weighted by molar-refractivity contribution is 0.0121. The molecule has 10 heavy (non-hydrogen) atoms. The van der Waals surface area contributed by atoms with Crippen LogP contribution in [0.3, 0.4) is 0 Å². The summed E-state index contributed by atoms with van der Waals surface area (Å²) in [7, 11) is 0. The number of hydrogen-bond acceptors (Lipinski definition) is 2. The lowest BCUT2D eigenvalue weighted by Crippen LogP contribution is -2.28. The van der Waals surface area contributed by atoms with Crippen LogP contribution in [-0.4, -0.2) is 37.5 Å². The van der Waals surface area contributed by atoms with E-state index in [-0.39, 0.29) is 6.61 Å². The molecule has 0 spiro atoms. The molecule has 0 unspecified atom stereocenters. The predicted molar refractivity (Wildman–Crippen MR) is 37.9 cm³/mol. The van der Waals surface area contributed by atoms with E-state index < -0.39 is 0 Å². The molecule has 1 aliphatic heterocycles. The van der Waals surface area contributed by atoms with Crippen LogP contribution >= 0.6 is 0 Å². The van der Waals surface area contributed by atoms with Crippen molar-refractivity contribution in [3.8, 4) is 0 Å². The summed E-state index contributed by atoms with van der Waals surface area (Å²) in [6.07, 6.45) is 2.41. The summed E-state index contributed by atoms with van der Waals surface area (Å²) < 4.78 is 5.32. The topological polar surface area (TPSA) is 43.6 Å². The molecule has 0 aliphatic carbocycles. The number of aliphatic hydroxyl groups excluding tert-OH is 1. The minimum absolute atomic E-state index is 0.133. The fourth-order valence-corrected chi connectivity index (χ4v) is 1.11. The van der Waals surface area contributed by atoms with E-state index in [4.69, 9.17) is 9.84 Å². The molecule has 1 N–H and O–H groups in total. The Hall–Kier alpha value is -0.120. The van der Waals surface area contributed by atoms with Crippen LogP contribution in [0.4, 0.5) is 0 Å². The van der Waals surface area contributed by atoms with E-state index in [0.29, 0.717) is 12.7 Å². The molecule has 0 bridgehead atoms.